The lowest BCUT2D eigenvalue weighted by Gasteiger charge is -2.50. The molecule has 3 nitrogen and oxygen atoms in total. The smallest absolute Gasteiger partial charge is 0.227 e. The van der Waals surface area contributed by atoms with Gasteiger partial charge >= 0.3 is 0 Å². The van der Waals surface area contributed by atoms with Crippen molar-refractivity contribution in [1.82, 2.24) is 0 Å². The summed E-state index contributed by atoms with van der Waals surface area (Å²) in [4.78, 5) is -0.0372. The molecule has 6 heteroatoms. The first-order valence-electron chi connectivity index (χ1n) is 9.23. The maximum atomic E-state index is 16.2. The highest BCUT2D eigenvalue weighted by atomic mass is 32.2. The molecule has 5 rings (SSSR count). The summed E-state index contributed by atoms with van der Waals surface area (Å²) in [5, 5.41) is 0.933. The summed E-state index contributed by atoms with van der Waals surface area (Å²) in [5.74, 6) is -2.85. The van der Waals surface area contributed by atoms with Gasteiger partial charge in [0.2, 0.25) is 5.79 Å². The van der Waals surface area contributed by atoms with Crippen molar-refractivity contribution in [3.8, 4) is 0 Å². The monoisotopic (exact) mass is 399 g/mol. The molecule has 144 valence electrons. The number of halogens is 2. The average molecular weight is 399 g/mol. The zero-order chi connectivity index (χ0) is 19.9. The Morgan fingerprint density at radius 2 is 1.71 bits per heavy atom. The second-order valence-corrected chi connectivity index (χ2v) is 9.77. The van der Waals surface area contributed by atoms with Crippen LogP contribution in [0.25, 0.3) is 10.8 Å². The third-order valence-corrected chi connectivity index (χ3v) is 8.26. The van der Waals surface area contributed by atoms with Crippen LogP contribution in [0.3, 0.4) is 0 Å². The van der Waals surface area contributed by atoms with Gasteiger partial charge in [-0.15, -0.1) is 0 Å². The summed E-state index contributed by atoms with van der Waals surface area (Å²) in [6.45, 7) is 3.53. The molecule has 0 aromatic heterocycles. The molecule has 0 spiro atoms. The van der Waals surface area contributed by atoms with Crippen LogP contribution in [0.1, 0.15) is 30.9 Å². The molecule has 1 fully saturated rings. The fourth-order valence-electron chi connectivity index (χ4n) is 4.59. The lowest BCUT2D eigenvalue weighted by Crippen LogP contribution is -2.62. The summed E-state index contributed by atoms with van der Waals surface area (Å²) < 4.78 is 59.4. The molecule has 1 saturated carbocycles. The molecule has 0 unspecified atom stereocenters. The number of fused-ring (bicyclic) bond motifs is 4. The van der Waals surface area contributed by atoms with E-state index in [1.165, 1.54) is 12.1 Å². The highest BCUT2D eigenvalue weighted by Gasteiger charge is 2.70. The van der Waals surface area contributed by atoms with Gasteiger partial charge < -0.3 is 0 Å². The highest BCUT2D eigenvalue weighted by molar-refractivity contribution is 7.93. The second-order valence-electron chi connectivity index (χ2n) is 7.98. The molecule has 1 heterocycles. The zero-order valence-corrected chi connectivity index (χ0v) is 16.4. The van der Waals surface area contributed by atoms with E-state index in [1.807, 2.05) is 6.92 Å². The minimum Gasteiger partial charge on any atom is -0.227 e. The average Bonchev–Trinajstić information content (AvgIpc) is 2.80. The van der Waals surface area contributed by atoms with E-state index in [9.17, 15) is 8.42 Å². The topological polar surface area (TPSA) is 37.4 Å². The minimum absolute atomic E-state index is 0.0372. The Kier molecular flexibility index (Phi) is 3.35. The van der Waals surface area contributed by atoms with Crippen molar-refractivity contribution in [2.75, 3.05) is 4.31 Å². The molecule has 1 aliphatic carbocycles. The maximum absolute atomic E-state index is 16.2. The summed E-state index contributed by atoms with van der Waals surface area (Å²) >= 11 is 0. The number of benzene rings is 3. The standard InChI is InChI=1S/C22H19F2NO2S/c1-14-7-9-16(10-8-14)28(26,27)25-20-18(21(2)11-12-22(21,25)24)13-15-5-3-4-6-17(15)19(20)23/h3-10,13H,11-12H2,1-2H3/t21-,22-/m1/s1. The van der Waals surface area contributed by atoms with E-state index < -0.39 is 27.0 Å². The fourth-order valence-corrected chi connectivity index (χ4v) is 6.37. The first-order chi connectivity index (χ1) is 13.2. The van der Waals surface area contributed by atoms with Crippen molar-refractivity contribution in [2.24, 2.45) is 0 Å². The van der Waals surface area contributed by atoms with E-state index in [4.69, 9.17) is 0 Å². The number of rotatable bonds is 2. The van der Waals surface area contributed by atoms with Crippen LogP contribution in [0.2, 0.25) is 0 Å². The Morgan fingerprint density at radius 1 is 1.04 bits per heavy atom. The summed E-state index contributed by atoms with van der Waals surface area (Å²) in [5.41, 5.74) is 0.0987. The zero-order valence-electron chi connectivity index (χ0n) is 15.5. The molecule has 2 aliphatic rings. The van der Waals surface area contributed by atoms with Crippen molar-refractivity contribution in [2.45, 2.75) is 42.8 Å². The van der Waals surface area contributed by atoms with Gasteiger partial charge in [-0.3, -0.25) is 0 Å². The van der Waals surface area contributed by atoms with E-state index in [0.29, 0.717) is 27.1 Å². The van der Waals surface area contributed by atoms with Gasteiger partial charge in [-0.1, -0.05) is 48.9 Å². The number of alkyl halides is 1. The quantitative estimate of drug-likeness (QED) is 0.555. The third kappa shape index (κ3) is 1.94. The molecule has 0 N–H and O–H groups in total. The normalized spacial score (nSPS) is 26.1. The molecule has 0 bridgehead atoms. The van der Waals surface area contributed by atoms with Crippen LogP contribution in [-0.4, -0.2) is 14.2 Å². The van der Waals surface area contributed by atoms with Crippen molar-refractivity contribution in [3.05, 3.63) is 71.5 Å². The number of hydrogen-bond acceptors (Lipinski definition) is 2. The van der Waals surface area contributed by atoms with Gasteiger partial charge in [-0.25, -0.2) is 21.5 Å². The molecule has 3 aromatic rings. The molecule has 0 saturated heterocycles. The van der Waals surface area contributed by atoms with E-state index in [-0.39, 0.29) is 17.0 Å². The van der Waals surface area contributed by atoms with Gasteiger partial charge in [0.15, 0.2) is 5.82 Å². The molecule has 0 radical (unpaired) electrons. The predicted octanol–water partition coefficient (Wildman–Crippen LogP) is 5.21. The number of nitrogens with zero attached hydrogens (tertiary/aromatic N) is 1. The van der Waals surface area contributed by atoms with Gasteiger partial charge in [0.05, 0.1) is 10.6 Å². The summed E-state index contributed by atoms with van der Waals surface area (Å²) in [7, 11) is -4.27. The van der Waals surface area contributed by atoms with Gasteiger partial charge in [0.1, 0.15) is 0 Å². The van der Waals surface area contributed by atoms with E-state index >= 15 is 8.78 Å². The van der Waals surface area contributed by atoms with Crippen LogP contribution in [0, 0.1) is 12.7 Å². The van der Waals surface area contributed by atoms with Gasteiger partial charge in [0.25, 0.3) is 10.0 Å². The van der Waals surface area contributed by atoms with E-state index in [0.717, 1.165) is 5.56 Å². The van der Waals surface area contributed by atoms with Crippen LogP contribution in [0.5, 0.6) is 0 Å². The molecular formula is C22H19F2NO2S. The number of hydrogen-bond donors (Lipinski definition) is 0. The Hall–Kier alpha value is -2.47. The molecule has 28 heavy (non-hydrogen) atoms. The molecule has 3 aromatic carbocycles. The Balaban J connectivity index is 1.83. The molecular weight excluding hydrogens is 380 g/mol. The molecule has 1 aliphatic heterocycles. The number of aryl methyl sites for hydroxylation is 1. The van der Waals surface area contributed by atoms with Crippen LogP contribution in [-0.2, 0) is 15.4 Å². The number of anilines is 1. The van der Waals surface area contributed by atoms with Crippen molar-refractivity contribution in [3.63, 3.8) is 0 Å². The lowest BCUT2D eigenvalue weighted by molar-refractivity contribution is -0.0117. The van der Waals surface area contributed by atoms with Crippen LogP contribution < -0.4 is 4.31 Å². The van der Waals surface area contributed by atoms with Crippen molar-refractivity contribution >= 4 is 26.5 Å². The van der Waals surface area contributed by atoms with E-state index in [2.05, 4.69) is 0 Å². The van der Waals surface area contributed by atoms with Gasteiger partial charge in [-0.2, -0.15) is 0 Å². The summed E-state index contributed by atoms with van der Waals surface area (Å²) in [6.07, 6.45) is 0.507. The van der Waals surface area contributed by atoms with Crippen LogP contribution >= 0.6 is 0 Å². The van der Waals surface area contributed by atoms with Crippen molar-refractivity contribution in [1.29, 1.82) is 0 Å². The van der Waals surface area contributed by atoms with Crippen LogP contribution in [0.4, 0.5) is 14.5 Å². The van der Waals surface area contributed by atoms with Gasteiger partial charge in [-0.05, 0) is 42.5 Å². The lowest BCUT2D eigenvalue weighted by atomic mass is 9.62. The Bertz CT molecular complexity index is 1240. The van der Waals surface area contributed by atoms with Crippen LogP contribution in [0.15, 0.2) is 59.5 Å². The third-order valence-electron chi connectivity index (χ3n) is 6.44. The molecule has 0 amide bonds. The van der Waals surface area contributed by atoms with Gasteiger partial charge in [0, 0.05) is 17.2 Å². The highest BCUT2D eigenvalue weighted by Crippen LogP contribution is 2.66. The first kappa shape index (κ1) is 17.6. The predicted molar refractivity (Wildman–Crippen MR) is 105 cm³/mol. The van der Waals surface area contributed by atoms with E-state index in [1.54, 1.807) is 49.4 Å². The first-order valence-corrected chi connectivity index (χ1v) is 10.7. The maximum Gasteiger partial charge on any atom is 0.267 e. The minimum atomic E-state index is -4.27. The second kappa shape index (κ2) is 5.32. The molecule has 2 atom stereocenters. The largest absolute Gasteiger partial charge is 0.267 e. The van der Waals surface area contributed by atoms with Crippen molar-refractivity contribution < 1.29 is 17.2 Å². The SMILES string of the molecule is Cc1ccc(S(=O)(=O)N2c3c(cc4ccccc4c3F)[C@@]3(C)CC[C@@]23F)cc1. The number of sulfonamides is 1. The fraction of sp³-hybridized carbons (Fsp3) is 0.273. The Labute approximate surface area is 162 Å². The summed E-state index contributed by atoms with van der Waals surface area (Å²) in [6, 6.07) is 14.8. The Morgan fingerprint density at radius 3 is 2.36 bits per heavy atom.